The van der Waals surface area contributed by atoms with Crippen molar-refractivity contribution in [3.05, 3.63) is 11.8 Å². The van der Waals surface area contributed by atoms with Gasteiger partial charge in [0.15, 0.2) is 5.69 Å². The first-order chi connectivity index (χ1) is 12.3. The molecule has 2 aliphatic rings. The molecule has 0 radical (unpaired) electrons. The maximum Gasteiger partial charge on any atom is 0.433 e. The lowest BCUT2D eigenvalue weighted by atomic mass is 9.97. The van der Waals surface area contributed by atoms with E-state index in [0.29, 0.717) is 19.2 Å². The lowest BCUT2D eigenvalue weighted by molar-refractivity contribution is -0.141. The molecule has 146 valence electrons. The van der Waals surface area contributed by atoms with Crippen molar-refractivity contribution in [1.82, 2.24) is 9.97 Å². The molecule has 0 unspecified atom stereocenters. The molecule has 5 nitrogen and oxygen atoms in total. The van der Waals surface area contributed by atoms with Crippen LogP contribution in [-0.2, 0) is 10.9 Å². The van der Waals surface area contributed by atoms with E-state index in [0.717, 1.165) is 31.7 Å². The van der Waals surface area contributed by atoms with Crippen LogP contribution < -0.4 is 9.80 Å². The molecule has 2 fully saturated rings. The van der Waals surface area contributed by atoms with E-state index in [4.69, 9.17) is 4.74 Å². The van der Waals surface area contributed by atoms with Crippen LogP contribution >= 0.6 is 0 Å². The van der Waals surface area contributed by atoms with Gasteiger partial charge in [-0.3, -0.25) is 0 Å². The number of ether oxygens (including phenoxy) is 1. The first kappa shape index (κ1) is 19.2. The lowest BCUT2D eigenvalue weighted by Crippen LogP contribution is -2.40. The number of piperidine rings is 1. The highest BCUT2D eigenvalue weighted by molar-refractivity contribution is 5.45. The van der Waals surface area contributed by atoms with Gasteiger partial charge in [0.25, 0.3) is 0 Å². The van der Waals surface area contributed by atoms with Crippen molar-refractivity contribution in [2.45, 2.75) is 63.3 Å². The monoisotopic (exact) mass is 372 g/mol. The Morgan fingerprint density at radius 1 is 1.00 bits per heavy atom. The van der Waals surface area contributed by atoms with Crippen LogP contribution in [0.4, 0.5) is 24.9 Å². The maximum absolute atomic E-state index is 13.2. The summed E-state index contributed by atoms with van der Waals surface area (Å²) in [7, 11) is 3.35. The molecular formula is C18H27F3N4O. The van der Waals surface area contributed by atoms with Crippen molar-refractivity contribution >= 4 is 11.8 Å². The zero-order valence-corrected chi connectivity index (χ0v) is 15.4. The molecule has 1 aliphatic heterocycles. The predicted octanol–water partition coefficient (Wildman–Crippen LogP) is 3.88. The minimum Gasteiger partial charge on any atom is -0.375 e. The fourth-order valence-electron chi connectivity index (χ4n) is 3.60. The molecule has 0 atom stereocenters. The molecule has 0 N–H and O–H groups in total. The molecule has 0 bridgehead atoms. The Hall–Kier alpha value is -1.57. The summed E-state index contributed by atoms with van der Waals surface area (Å²) in [6, 6.07) is 0.989. The molecule has 1 aliphatic carbocycles. The number of anilines is 2. The molecule has 2 heterocycles. The summed E-state index contributed by atoms with van der Waals surface area (Å²) < 4.78 is 45.7. The van der Waals surface area contributed by atoms with Gasteiger partial charge in [-0.15, -0.1) is 0 Å². The second-order valence-electron chi connectivity index (χ2n) is 7.39. The summed E-state index contributed by atoms with van der Waals surface area (Å²) in [4.78, 5) is 11.5. The van der Waals surface area contributed by atoms with Gasteiger partial charge in [-0.1, -0.05) is 19.3 Å². The van der Waals surface area contributed by atoms with Gasteiger partial charge in [-0.05, 0) is 25.7 Å². The summed E-state index contributed by atoms with van der Waals surface area (Å²) in [5, 5.41) is 0. The Bertz CT molecular complexity index is 595. The number of hydrogen-bond donors (Lipinski definition) is 0. The molecule has 8 heteroatoms. The topological polar surface area (TPSA) is 41.5 Å². The SMILES string of the molecule is CN(C)c1cc(C(F)(F)F)nc(N2CCC(OC3CCCCC3)CC2)n1. The van der Waals surface area contributed by atoms with E-state index in [9.17, 15) is 13.2 Å². The van der Waals surface area contributed by atoms with E-state index in [1.54, 1.807) is 19.0 Å². The van der Waals surface area contributed by atoms with Crippen LogP contribution in [0, 0.1) is 0 Å². The largest absolute Gasteiger partial charge is 0.433 e. The molecular weight excluding hydrogens is 345 g/mol. The molecule has 0 amide bonds. The third kappa shape index (κ3) is 4.78. The van der Waals surface area contributed by atoms with E-state index in [1.165, 1.54) is 19.3 Å². The predicted molar refractivity (Wildman–Crippen MR) is 94.6 cm³/mol. The van der Waals surface area contributed by atoms with Crippen molar-refractivity contribution in [3.8, 4) is 0 Å². The van der Waals surface area contributed by atoms with E-state index in [-0.39, 0.29) is 17.9 Å². The normalized spacial score (nSPS) is 20.4. The second-order valence-corrected chi connectivity index (χ2v) is 7.39. The van der Waals surface area contributed by atoms with Gasteiger partial charge in [0.05, 0.1) is 12.2 Å². The molecule has 26 heavy (non-hydrogen) atoms. The van der Waals surface area contributed by atoms with Gasteiger partial charge in [0.2, 0.25) is 5.95 Å². The van der Waals surface area contributed by atoms with E-state index in [2.05, 4.69) is 9.97 Å². The number of nitrogens with zero attached hydrogens (tertiary/aromatic N) is 4. The third-order valence-electron chi connectivity index (χ3n) is 5.11. The van der Waals surface area contributed by atoms with Crippen LogP contribution in [0.15, 0.2) is 6.07 Å². The zero-order chi connectivity index (χ0) is 18.7. The Labute approximate surface area is 152 Å². The average molecular weight is 372 g/mol. The van der Waals surface area contributed by atoms with Crippen LogP contribution in [0.1, 0.15) is 50.6 Å². The van der Waals surface area contributed by atoms with Gasteiger partial charge in [-0.2, -0.15) is 18.2 Å². The first-order valence-electron chi connectivity index (χ1n) is 9.37. The van der Waals surface area contributed by atoms with Crippen LogP contribution in [0.5, 0.6) is 0 Å². The highest BCUT2D eigenvalue weighted by atomic mass is 19.4. The molecule has 1 aromatic rings. The number of alkyl halides is 3. The highest BCUT2D eigenvalue weighted by Gasteiger charge is 2.35. The minimum atomic E-state index is -4.48. The van der Waals surface area contributed by atoms with Crippen molar-refractivity contribution in [2.24, 2.45) is 0 Å². The Morgan fingerprint density at radius 3 is 2.19 bits per heavy atom. The molecule has 1 saturated carbocycles. The highest BCUT2D eigenvalue weighted by Crippen LogP contribution is 2.32. The third-order valence-corrected chi connectivity index (χ3v) is 5.11. The minimum absolute atomic E-state index is 0.152. The molecule has 3 rings (SSSR count). The van der Waals surface area contributed by atoms with Crippen LogP contribution in [-0.4, -0.2) is 49.4 Å². The number of rotatable bonds is 4. The Balaban J connectivity index is 1.65. The van der Waals surface area contributed by atoms with Crippen molar-refractivity contribution < 1.29 is 17.9 Å². The van der Waals surface area contributed by atoms with E-state index in [1.807, 2.05) is 4.90 Å². The van der Waals surface area contributed by atoms with Gasteiger partial charge in [0, 0.05) is 33.3 Å². The van der Waals surface area contributed by atoms with Gasteiger partial charge in [-0.25, -0.2) is 4.98 Å². The fourth-order valence-corrected chi connectivity index (χ4v) is 3.60. The summed E-state index contributed by atoms with van der Waals surface area (Å²) >= 11 is 0. The Morgan fingerprint density at radius 2 is 1.62 bits per heavy atom. The molecule has 0 aromatic carbocycles. The number of hydrogen-bond acceptors (Lipinski definition) is 5. The standard InChI is InChI=1S/C18H27F3N4O/c1-24(2)16-12-15(18(19,20)21)22-17(23-16)25-10-8-14(9-11-25)26-13-6-4-3-5-7-13/h12-14H,3-11H2,1-2H3. The summed E-state index contributed by atoms with van der Waals surface area (Å²) in [5.41, 5.74) is -0.897. The first-order valence-corrected chi connectivity index (χ1v) is 9.37. The van der Waals surface area contributed by atoms with Crippen LogP contribution in [0.3, 0.4) is 0 Å². The number of aromatic nitrogens is 2. The smallest absolute Gasteiger partial charge is 0.375 e. The van der Waals surface area contributed by atoms with Gasteiger partial charge in [0.1, 0.15) is 5.82 Å². The van der Waals surface area contributed by atoms with Gasteiger partial charge >= 0.3 is 6.18 Å². The van der Waals surface area contributed by atoms with Crippen LogP contribution in [0.25, 0.3) is 0 Å². The van der Waals surface area contributed by atoms with Crippen molar-refractivity contribution in [2.75, 3.05) is 37.0 Å². The van der Waals surface area contributed by atoms with Crippen LogP contribution in [0.2, 0.25) is 0 Å². The molecule has 0 spiro atoms. The van der Waals surface area contributed by atoms with Gasteiger partial charge < -0.3 is 14.5 Å². The Kier molecular flexibility index (Phi) is 5.89. The quantitative estimate of drug-likeness (QED) is 0.802. The second kappa shape index (κ2) is 7.98. The summed E-state index contributed by atoms with van der Waals surface area (Å²) in [6.45, 7) is 1.23. The molecule has 1 aromatic heterocycles. The fraction of sp³-hybridized carbons (Fsp3) is 0.778. The molecule has 1 saturated heterocycles. The zero-order valence-electron chi connectivity index (χ0n) is 15.4. The number of halogens is 3. The average Bonchev–Trinajstić information content (AvgIpc) is 2.62. The summed E-state index contributed by atoms with van der Waals surface area (Å²) in [5.74, 6) is 0.419. The maximum atomic E-state index is 13.2. The van der Waals surface area contributed by atoms with Crippen molar-refractivity contribution in [1.29, 1.82) is 0 Å². The van der Waals surface area contributed by atoms with E-state index < -0.39 is 11.9 Å². The lowest BCUT2D eigenvalue weighted by Gasteiger charge is -2.35. The van der Waals surface area contributed by atoms with E-state index >= 15 is 0 Å². The van der Waals surface area contributed by atoms with Crippen molar-refractivity contribution in [3.63, 3.8) is 0 Å². The summed E-state index contributed by atoms with van der Waals surface area (Å²) in [6.07, 6.45) is 3.67.